The van der Waals surface area contributed by atoms with Gasteiger partial charge in [0.25, 0.3) is 5.91 Å². The maximum absolute atomic E-state index is 13.0. The molecule has 7 heteroatoms. The largest absolute Gasteiger partial charge is 0.353 e. The van der Waals surface area contributed by atoms with E-state index in [1.807, 2.05) is 42.2 Å². The predicted octanol–water partition coefficient (Wildman–Crippen LogP) is 1.49. The van der Waals surface area contributed by atoms with E-state index in [4.69, 9.17) is 0 Å². The zero-order valence-electron chi connectivity index (χ0n) is 17.8. The molecule has 162 valence electrons. The summed E-state index contributed by atoms with van der Waals surface area (Å²) in [6, 6.07) is 9.45. The second-order valence-electron chi connectivity index (χ2n) is 8.66. The van der Waals surface area contributed by atoms with Gasteiger partial charge in [-0.1, -0.05) is 25.1 Å². The average molecular weight is 413 g/mol. The third-order valence-electron chi connectivity index (χ3n) is 6.69. The molecular formula is C23H32N4O3. The standard InChI is InChI=1S/C23H32N4O3/c1-2-7-21(28)26-12-6-10-20(26)22(29)24-14-19-16-27(18-11-13-25(19)15-18)23(30)17-8-4-3-5-9-17/h3-5,8-9,18-20H,2,6-7,10-16H2,1H3,(H,24,29)/t18-,19+,20-/m0/s1. The summed E-state index contributed by atoms with van der Waals surface area (Å²) in [5.41, 5.74) is 0.719. The highest BCUT2D eigenvalue weighted by molar-refractivity contribution is 5.94. The number of amides is 3. The number of carbonyl (C=O) groups excluding carboxylic acids is 3. The summed E-state index contributed by atoms with van der Waals surface area (Å²) in [6.45, 7) is 5.61. The lowest BCUT2D eigenvalue weighted by Crippen LogP contribution is -2.58. The third kappa shape index (κ3) is 4.21. The van der Waals surface area contributed by atoms with Crippen LogP contribution in [0.25, 0.3) is 0 Å². The highest BCUT2D eigenvalue weighted by Crippen LogP contribution is 2.26. The molecule has 3 fully saturated rings. The molecule has 1 aromatic rings. The summed E-state index contributed by atoms with van der Waals surface area (Å²) in [5.74, 6) is 0.0969. The number of hydrogen-bond donors (Lipinski definition) is 1. The minimum absolute atomic E-state index is 0.0563. The summed E-state index contributed by atoms with van der Waals surface area (Å²) >= 11 is 0. The van der Waals surface area contributed by atoms with Gasteiger partial charge in [-0.05, 0) is 37.8 Å². The van der Waals surface area contributed by atoms with Crippen molar-refractivity contribution in [2.45, 2.75) is 57.2 Å². The monoisotopic (exact) mass is 412 g/mol. The molecule has 1 aromatic carbocycles. The average Bonchev–Trinajstić information content (AvgIpc) is 3.42. The maximum atomic E-state index is 13.0. The molecule has 0 spiro atoms. The Labute approximate surface area is 178 Å². The molecule has 3 heterocycles. The van der Waals surface area contributed by atoms with E-state index in [0.29, 0.717) is 26.1 Å². The lowest BCUT2D eigenvalue weighted by molar-refractivity contribution is -0.138. The molecule has 4 atom stereocenters. The van der Waals surface area contributed by atoms with Crippen LogP contribution >= 0.6 is 0 Å². The first kappa shape index (κ1) is 20.8. The second kappa shape index (κ2) is 9.16. The Morgan fingerprint density at radius 2 is 1.83 bits per heavy atom. The molecule has 3 aliphatic rings. The van der Waals surface area contributed by atoms with Crippen molar-refractivity contribution in [1.82, 2.24) is 20.0 Å². The maximum Gasteiger partial charge on any atom is 0.254 e. The van der Waals surface area contributed by atoms with Gasteiger partial charge in [-0.2, -0.15) is 0 Å². The van der Waals surface area contributed by atoms with Crippen LogP contribution in [-0.4, -0.2) is 83.3 Å². The fourth-order valence-corrected chi connectivity index (χ4v) is 5.07. The Hall–Kier alpha value is -2.41. The fourth-order valence-electron chi connectivity index (χ4n) is 5.07. The van der Waals surface area contributed by atoms with Crippen molar-refractivity contribution in [3.05, 3.63) is 35.9 Å². The van der Waals surface area contributed by atoms with Crippen LogP contribution < -0.4 is 5.32 Å². The van der Waals surface area contributed by atoms with Crippen molar-refractivity contribution in [2.24, 2.45) is 0 Å². The van der Waals surface area contributed by atoms with Crippen molar-refractivity contribution in [3.63, 3.8) is 0 Å². The highest BCUT2D eigenvalue weighted by Gasteiger charge is 2.41. The third-order valence-corrected chi connectivity index (χ3v) is 6.69. The topological polar surface area (TPSA) is 73.0 Å². The number of hydrogen-bond acceptors (Lipinski definition) is 4. The molecular weight excluding hydrogens is 380 g/mol. The Bertz CT molecular complexity index is 784. The molecule has 1 unspecified atom stereocenters. The molecule has 0 radical (unpaired) electrons. The lowest BCUT2D eigenvalue weighted by Gasteiger charge is -2.40. The molecule has 0 saturated carbocycles. The van der Waals surface area contributed by atoms with Gasteiger partial charge in [0.05, 0.1) is 0 Å². The Morgan fingerprint density at radius 1 is 1.03 bits per heavy atom. The van der Waals surface area contributed by atoms with Crippen molar-refractivity contribution in [3.8, 4) is 0 Å². The number of carbonyl (C=O) groups is 3. The minimum Gasteiger partial charge on any atom is -0.353 e. The number of piperazine rings is 1. The first-order chi connectivity index (χ1) is 14.6. The van der Waals surface area contributed by atoms with Gasteiger partial charge in [-0.15, -0.1) is 0 Å². The summed E-state index contributed by atoms with van der Waals surface area (Å²) in [7, 11) is 0. The molecule has 30 heavy (non-hydrogen) atoms. The molecule has 3 aliphatic heterocycles. The van der Waals surface area contributed by atoms with Gasteiger partial charge in [0.15, 0.2) is 0 Å². The van der Waals surface area contributed by atoms with Crippen LogP contribution in [0.15, 0.2) is 30.3 Å². The van der Waals surface area contributed by atoms with Crippen LogP contribution in [0.2, 0.25) is 0 Å². The fraction of sp³-hybridized carbons (Fsp3) is 0.609. The van der Waals surface area contributed by atoms with E-state index in [0.717, 1.165) is 44.3 Å². The van der Waals surface area contributed by atoms with Gasteiger partial charge in [0.1, 0.15) is 6.04 Å². The minimum atomic E-state index is -0.346. The van der Waals surface area contributed by atoms with Crippen molar-refractivity contribution >= 4 is 17.7 Å². The zero-order valence-corrected chi connectivity index (χ0v) is 17.8. The molecule has 4 rings (SSSR count). The van der Waals surface area contributed by atoms with Gasteiger partial charge in [-0.25, -0.2) is 0 Å². The molecule has 0 aromatic heterocycles. The normalized spacial score (nSPS) is 27.9. The van der Waals surface area contributed by atoms with Gasteiger partial charge < -0.3 is 15.1 Å². The summed E-state index contributed by atoms with van der Waals surface area (Å²) < 4.78 is 0. The quantitative estimate of drug-likeness (QED) is 0.769. The number of fused-ring (bicyclic) bond motifs is 2. The summed E-state index contributed by atoms with van der Waals surface area (Å²) in [4.78, 5) is 44.3. The molecule has 3 saturated heterocycles. The van der Waals surface area contributed by atoms with Crippen LogP contribution in [0.4, 0.5) is 0 Å². The number of likely N-dealkylation sites (tertiary alicyclic amines) is 1. The number of benzene rings is 1. The second-order valence-corrected chi connectivity index (χ2v) is 8.66. The highest BCUT2D eigenvalue weighted by atomic mass is 16.2. The van der Waals surface area contributed by atoms with E-state index in [9.17, 15) is 14.4 Å². The van der Waals surface area contributed by atoms with Crippen LogP contribution in [0.5, 0.6) is 0 Å². The summed E-state index contributed by atoms with van der Waals surface area (Å²) in [6.07, 6.45) is 3.89. The van der Waals surface area contributed by atoms with E-state index in [1.165, 1.54) is 0 Å². The van der Waals surface area contributed by atoms with E-state index in [1.54, 1.807) is 4.90 Å². The first-order valence-corrected chi connectivity index (χ1v) is 11.3. The Balaban J connectivity index is 1.37. The number of rotatable bonds is 6. The lowest BCUT2D eigenvalue weighted by atomic mass is 10.1. The first-order valence-electron chi connectivity index (χ1n) is 11.3. The van der Waals surface area contributed by atoms with E-state index in [-0.39, 0.29) is 35.8 Å². The number of nitrogens with one attached hydrogen (secondary N) is 1. The SMILES string of the molecule is CCCC(=O)N1CCC[C@H]1C(=O)NC[C@@H]1CN(C(=O)c2ccccc2)[C@H]2CCN1C2. The van der Waals surface area contributed by atoms with Crippen LogP contribution in [0.1, 0.15) is 49.4 Å². The van der Waals surface area contributed by atoms with Gasteiger partial charge >= 0.3 is 0 Å². The zero-order chi connectivity index (χ0) is 21.1. The van der Waals surface area contributed by atoms with Crippen LogP contribution in [0, 0.1) is 0 Å². The van der Waals surface area contributed by atoms with E-state index >= 15 is 0 Å². The molecule has 3 amide bonds. The van der Waals surface area contributed by atoms with Crippen LogP contribution in [-0.2, 0) is 9.59 Å². The van der Waals surface area contributed by atoms with Crippen molar-refractivity contribution in [2.75, 3.05) is 32.7 Å². The van der Waals surface area contributed by atoms with Gasteiger partial charge in [-0.3, -0.25) is 19.3 Å². The van der Waals surface area contributed by atoms with Crippen molar-refractivity contribution < 1.29 is 14.4 Å². The van der Waals surface area contributed by atoms with Gasteiger partial charge in [0.2, 0.25) is 11.8 Å². The van der Waals surface area contributed by atoms with E-state index in [2.05, 4.69) is 10.2 Å². The number of nitrogens with zero attached hydrogens (tertiary/aromatic N) is 3. The Morgan fingerprint density at radius 3 is 2.60 bits per heavy atom. The molecule has 7 nitrogen and oxygen atoms in total. The summed E-state index contributed by atoms with van der Waals surface area (Å²) in [5, 5.41) is 3.09. The predicted molar refractivity (Wildman–Crippen MR) is 114 cm³/mol. The molecule has 2 bridgehead atoms. The smallest absolute Gasteiger partial charge is 0.254 e. The molecule has 0 aliphatic carbocycles. The van der Waals surface area contributed by atoms with Crippen LogP contribution in [0.3, 0.4) is 0 Å². The molecule has 1 N–H and O–H groups in total. The van der Waals surface area contributed by atoms with Gasteiger partial charge in [0, 0.05) is 56.8 Å². The Kier molecular flexibility index (Phi) is 6.37. The van der Waals surface area contributed by atoms with Crippen molar-refractivity contribution in [1.29, 1.82) is 0 Å². The van der Waals surface area contributed by atoms with E-state index < -0.39 is 0 Å².